The van der Waals surface area contributed by atoms with Crippen LogP contribution in [0.3, 0.4) is 0 Å². The van der Waals surface area contributed by atoms with Crippen LogP contribution < -0.4 is 5.73 Å². The number of nitrogens with zero attached hydrogens (tertiary/aromatic N) is 6. The molecule has 0 spiro atoms. The van der Waals surface area contributed by atoms with Gasteiger partial charge in [-0.2, -0.15) is 0 Å². The number of rotatable bonds is 14. The van der Waals surface area contributed by atoms with Gasteiger partial charge in [0.25, 0.3) is 6.57 Å². The highest BCUT2D eigenvalue weighted by atomic mass is 16.4. The fourth-order valence-corrected chi connectivity index (χ4v) is 4.35. The van der Waals surface area contributed by atoms with Crippen molar-refractivity contribution >= 4 is 17.7 Å². The van der Waals surface area contributed by atoms with Crippen molar-refractivity contribution in [1.29, 1.82) is 0 Å². The van der Waals surface area contributed by atoms with Crippen molar-refractivity contribution in [1.82, 2.24) is 19.6 Å². The van der Waals surface area contributed by atoms with E-state index in [0.717, 1.165) is 31.5 Å². The monoisotopic (exact) mass is 600 g/mol. The molecular weight excluding hydrogens is 546 g/mol. The van der Waals surface area contributed by atoms with E-state index in [2.05, 4.69) is 45.1 Å². The molecule has 240 valence electrons. The number of aliphatic carboxylic acids is 2. The van der Waals surface area contributed by atoms with Crippen LogP contribution in [0.25, 0.3) is 4.85 Å². The maximum Gasteiger partial charge on any atom is 0.317 e. The summed E-state index contributed by atoms with van der Waals surface area (Å²) < 4.78 is 0. The van der Waals surface area contributed by atoms with E-state index in [-0.39, 0.29) is 19.1 Å². The number of carboxylic acid groups (broad SMARTS) is 2. The molecule has 0 aromatic carbocycles. The summed E-state index contributed by atoms with van der Waals surface area (Å²) in [4.78, 5) is 40.0. The van der Waals surface area contributed by atoms with Crippen molar-refractivity contribution in [2.75, 3.05) is 85.1 Å². The Labute approximate surface area is 259 Å². The van der Waals surface area contributed by atoms with E-state index in [1.165, 1.54) is 0 Å². The summed E-state index contributed by atoms with van der Waals surface area (Å²) in [6, 6.07) is -0.191. The Kier molecular flexibility index (Phi) is 23.3. The average molecular weight is 601 g/mol. The van der Waals surface area contributed by atoms with Gasteiger partial charge < -0.3 is 15.9 Å². The first-order chi connectivity index (χ1) is 20.6. The van der Waals surface area contributed by atoms with E-state index >= 15 is 0 Å². The van der Waals surface area contributed by atoms with Crippen LogP contribution in [0.5, 0.6) is 0 Å². The third-order valence-corrected chi connectivity index (χ3v) is 6.58. The molecule has 0 aromatic heterocycles. The van der Waals surface area contributed by atoms with Crippen molar-refractivity contribution in [2.45, 2.75) is 46.1 Å². The zero-order valence-corrected chi connectivity index (χ0v) is 26.5. The molecule has 1 fully saturated rings. The number of unbranched alkanes of at least 4 members (excludes halogenated alkanes) is 2. The van der Waals surface area contributed by atoms with Crippen LogP contribution in [-0.2, 0) is 9.59 Å². The Balaban J connectivity index is 0.00000562. The SMILES string of the molecule is C#CC(C)=N/C(=C\C=C)CN1CCN(CC(=O)O)CCN(CC(C=CCCCC)[N+]#C)CCN(CC(=O)O)CC1.CCN. The topological polar surface area (TPSA) is 130 Å². The van der Waals surface area contributed by atoms with E-state index in [9.17, 15) is 19.8 Å². The molecule has 0 amide bonds. The van der Waals surface area contributed by atoms with Gasteiger partial charge in [0.05, 0.1) is 31.0 Å². The second-order valence-electron chi connectivity index (χ2n) is 10.3. The molecule has 1 atom stereocenters. The van der Waals surface area contributed by atoms with Crippen molar-refractivity contribution < 1.29 is 19.8 Å². The molecule has 0 aliphatic carbocycles. The van der Waals surface area contributed by atoms with Crippen molar-refractivity contribution in [3.8, 4) is 18.9 Å². The molecule has 0 aromatic rings. The highest BCUT2D eigenvalue weighted by Gasteiger charge is 2.23. The molecule has 1 aliphatic rings. The van der Waals surface area contributed by atoms with Crippen LogP contribution in [0.2, 0.25) is 0 Å². The van der Waals surface area contributed by atoms with Gasteiger partial charge in [-0.05, 0) is 32.0 Å². The normalized spacial score (nSPS) is 17.9. The third-order valence-electron chi connectivity index (χ3n) is 6.58. The van der Waals surface area contributed by atoms with Gasteiger partial charge in [-0.15, -0.1) is 6.42 Å². The first kappa shape index (κ1) is 39.7. The Bertz CT molecular complexity index is 965. The van der Waals surface area contributed by atoms with Gasteiger partial charge in [-0.3, -0.25) is 29.2 Å². The van der Waals surface area contributed by atoms with Gasteiger partial charge in [0, 0.05) is 58.9 Å². The lowest BCUT2D eigenvalue weighted by Crippen LogP contribution is -2.48. The first-order valence-corrected chi connectivity index (χ1v) is 15.0. The standard InChI is InChI=1S/C30H46N6O4.C2H7N/c1-6-9-10-11-13-27(31-5)22-33-14-18-35(24-29(37)38)20-16-34(17-21-36(19-15-33)25-30(39)40)23-28(12-7-2)32-26(4)8-3;1-2-3/h3,5,7,11-13,27H,2,6,9-10,14-25H2,1,4H3,(H-,37,38,39,40);2-3H2,1H3/p+1/b13-11?,28-12-,32-26?;. The maximum absolute atomic E-state index is 11.6. The van der Waals surface area contributed by atoms with Crippen LogP contribution in [0.15, 0.2) is 41.6 Å². The molecule has 0 bridgehead atoms. The van der Waals surface area contributed by atoms with Gasteiger partial charge in [0.1, 0.15) is 0 Å². The lowest BCUT2D eigenvalue weighted by atomic mass is 10.2. The highest BCUT2D eigenvalue weighted by Crippen LogP contribution is 2.08. The van der Waals surface area contributed by atoms with Gasteiger partial charge in [-0.1, -0.05) is 56.2 Å². The zero-order chi connectivity index (χ0) is 32.5. The van der Waals surface area contributed by atoms with Gasteiger partial charge >= 0.3 is 18.0 Å². The quantitative estimate of drug-likeness (QED) is 0.0906. The van der Waals surface area contributed by atoms with Crippen molar-refractivity contribution in [3.05, 3.63) is 41.4 Å². The van der Waals surface area contributed by atoms with E-state index in [1.54, 1.807) is 19.1 Å². The minimum absolute atomic E-state index is 0.0713. The summed E-state index contributed by atoms with van der Waals surface area (Å²) in [7, 11) is 0. The summed E-state index contributed by atoms with van der Waals surface area (Å²) in [5, 5.41) is 19.1. The van der Waals surface area contributed by atoms with Crippen molar-refractivity contribution in [3.63, 3.8) is 0 Å². The number of aliphatic imine (C=N–C) groups is 1. The van der Waals surface area contributed by atoms with Crippen LogP contribution >= 0.6 is 0 Å². The molecule has 11 nitrogen and oxygen atoms in total. The van der Waals surface area contributed by atoms with Crippen LogP contribution in [-0.4, -0.2) is 139 Å². The number of carboxylic acids is 2. The number of allylic oxidation sites excluding steroid dienone is 3. The summed E-state index contributed by atoms with van der Waals surface area (Å²) in [6.45, 7) is 21.5. The molecule has 11 heteroatoms. The molecule has 43 heavy (non-hydrogen) atoms. The molecule has 4 N–H and O–H groups in total. The number of hydrogen-bond donors (Lipinski definition) is 3. The van der Waals surface area contributed by atoms with Gasteiger partial charge in [0.15, 0.2) is 0 Å². The fourth-order valence-electron chi connectivity index (χ4n) is 4.35. The zero-order valence-electron chi connectivity index (χ0n) is 26.5. The molecule has 1 saturated heterocycles. The van der Waals surface area contributed by atoms with E-state index in [4.69, 9.17) is 18.7 Å². The van der Waals surface area contributed by atoms with Crippen LogP contribution in [0.1, 0.15) is 40.0 Å². The first-order valence-electron chi connectivity index (χ1n) is 15.0. The summed E-state index contributed by atoms with van der Waals surface area (Å²) in [5.74, 6) is 0.766. The van der Waals surface area contributed by atoms with E-state index < -0.39 is 11.9 Å². The predicted octanol–water partition coefficient (Wildman–Crippen LogP) is 2.58. The van der Waals surface area contributed by atoms with E-state index in [0.29, 0.717) is 71.2 Å². The number of hydrogen-bond acceptors (Lipinski definition) is 8. The largest absolute Gasteiger partial charge is 0.480 e. The molecule has 0 saturated carbocycles. The summed E-state index contributed by atoms with van der Waals surface area (Å²) in [5.41, 5.74) is 6.13. The minimum atomic E-state index is -0.881. The number of terminal acetylenes is 1. The molecule has 1 unspecified atom stereocenters. The Hall–Kier alpha value is -3.32. The fraction of sp³-hybridized carbons (Fsp3) is 0.625. The molecule has 0 radical (unpaired) electrons. The number of nitrogens with two attached hydrogens (primary N) is 1. The number of carbonyl (C=O) groups is 2. The van der Waals surface area contributed by atoms with Crippen LogP contribution in [0.4, 0.5) is 0 Å². The Morgan fingerprint density at radius 2 is 1.44 bits per heavy atom. The molecule has 1 rings (SSSR count). The summed E-state index contributed by atoms with van der Waals surface area (Å²) >= 11 is 0. The molecule has 1 heterocycles. The van der Waals surface area contributed by atoms with E-state index in [1.807, 2.05) is 22.8 Å². The Morgan fingerprint density at radius 1 is 0.977 bits per heavy atom. The van der Waals surface area contributed by atoms with Crippen molar-refractivity contribution in [2.24, 2.45) is 10.7 Å². The Morgan fingerprint density at radius 3 is 1.84 bits per heavy atom. The maximum atomic E-state index is 11.6. The highest BCUT2D eigenvalue weighted by molar-refractivity contribution is 5.98. The molecule has 1 aliphatic heterocycles. The second kappa shape index (κ2) is 25.2. The lowest BCUT2D eigenvalue weighted by molar-refractivity contribution is -0.139. The van der Waals surface area contributed by atoms with Gasteiger partial charge in [0.2, 0.25) is 0 Å². The molecular formula is C32H54N7O4+. The lowest BCUT2D eigenvalue weighted by Gasteiger charge is -2.33. The summed E-state index contributed by atoms with van der Waals surface area (Å²) in [6.07, 6.45) is 16.2. The third kappa shape index (κ3) is 21.1. The minimum Gasteiger partial charge on any atom is -0.480 e. The second-order valence-corrected chi connectivity index (χ2v) is 10.3. The predicted molar refractivity (Wildman–Crippen MR) is 177 cm³/mol. The van der Waals surface area contributed by atoms with Crippen LogP contribution in [0, 0.1) is 18.9 Å². The smallest absolute Gasteiger partial charge is 0.317 e. The van der Waals surface area contributed by atoms with Gasteiger partial charge in [-0.25, -0.2) is 4.99 Å². The average Bonchev–Trinajstić information content (AvgIpc) is 2.95.